The van der Waals surface area contributed by atoms with Gasteiger partial charge >= 0.3 is 18.3 Å². The Balaban J connectivity index is 3.31. The number of esters is 1. The smallest absolute Gasteiger partial charge is 0.430 e. The fourth-order valence-electron chi connectivity index (χ4n) is 2.21. The van der Waals surface area contributed by atoms with Gasteiger partial charge < -0.3 is 14.6 Å². The average molecular weight is 374 g/mol. The first-order valence-corrected chi connectivity index (χ1v) is 7.01. The zero-order chi connectivity index (χ0) is 19.6. The third-order valence-electron chi connectivity index (χ3n) is 3.34. The molecular formula is C15H16F6O4. The van der Waals surface area contributed by atoms with Gasteiger partial charge in [-0.1, -0.05) is 0 Å². The monoisotopic (exact) mass is 374 g/mol. The van der Waals surface area contributed by atoms with Crippen molar-refractivity contribution in [3.05, 3.63) is 28.8 Å². The Labute approximate surface area is 139 Å². The van der Waals surface area contributed by atoms with Gasteiger partial charge in [-0.15, -0.1) is 0 Å². The number of hydrogen-bond acceptors (Lipinski definition) is 4. The summed E-state index contributed by atoms with van der Waals surface area (Å²) in [6, 6.07) is 1.04. The molecule has 25 heavy (non-hydrogen) atoms. The largest absolute Gasteiger partial charge is 0.481 e. The van der Waals surface area contributed by atoms with Crippen molar-refractivity contribution in [1.82, 2.24) is 0 Å². The van der Waals surface area contributed by atoms with E-state index >= 15 is 0 Å². The van der Waals surface area contributed by atoms with E-state index in [0.717, 1.165) is 0 Å². The highest BCUT2D eigenvalue weighted by molar-refractivity contribution is 5.71. The van der Waals surface area contributed by atoms with Gasteiger partial charge in [-0.05, 0) is 44.0 Å². The molecule has 0 spiro atoms. The van der Waals surface area contributed by atoms with Gasteiger partial charge in [0.1, 0.15) is 5.75 Å². The van der Waals surface area contributed by atoms with Crippen molar-refractivity contribution < 1.29 is 45.7 Å². The Kier molecular flexibility index (Phi) is 5.99. The number of alkyl halides is 6. The number of benzene rings is 1. The molecule has 1 aromatic rings. The molecule has 1 N–H and O–H groups in total. The number of aryl methyl sites for hydroxylation is 2. The fourth-order valence-corrected chi connectivity index (χ4v) is 2.21. The molecule has 4 nitrogen and oxygen atoms in total. The van der Waals surface area contributed by atoms with Crippen LogP contribution in [0.1, 0.15) is 23.6 Å². The molecular weight excluding hydrogens is 358 g/mol. The quantitative estimate of drug-likeness (QED) is 0.633. The van der Waals surface area contributed by atoms with Crippen LogP contribution in [0.4, 0.5) is 26.3 Å². The maximum Gasteiger partial charge on any atom is 0.430 e. The van der Waals surface area contributed by atoms with E-state index in [0.29, 0.717) is 12.1 Å². The Bertz CT molecular complexity index is 599. The van der Waals surface area contributed by atoms with Crippen molar-refractivity contribution in [2.45, 2.75) is 38.7 Å². The summed E-state index contributed by atoms with van der Waals surface area (Å²) in [6.07, 6.45) is -11.9. The van der Waals surface area contributed by atoms with Gasteiger partial charge in [-0.25, -0.2) is 4.79 Å². The van der Waals surface area contributed by atoms with Crippen molar-refractivity contribution in [2.24, 2.45) is 0 Å². The van der Waals surface area contributed by atoms with E-state index in [1.807, 2.05) is 0 Å². The second-order valence-corrected chi connectivity index (χ2v) is 5.24. The summed E-state index contributed by atoms with van der Waals surface area (Å²) in [4.78, 5) is 11.2. The van der Waals surface area contributed by atoms with Crippen LogP contribution in [-0.4, -0.2) is 36.6 Å². The Hall–Kier alpha value is -1.97. The predicted molar refractivity (Wildman–Crippen MR) is 74.1 cm³/mol. The lowest BCUT2D eigenvalue weighted by molar-refractivity contribution is -0.376. The molecule has 0 aliphatic rings. The number of carbonyl (C=O) groups excluding carboxylic acids is 1. The van der Waals surface area contributed by atoms with Crippen LogP contribution in [0.3, 0.4) is 0 Å². The van der Waals surface area contributed by atoms with Gasteiger partial charge in [0, 0.05) is 5.56 Å². The molecule has 0 saturated carbocycles. The van der Waals surface area contributed by atoms with Crippen LogP contribution in [0, 0.1) is 13.8 Å². The first kappa shape index (κ1) is 21.1. The first-order valence-electron chi connectivity index (χ1n) is 7.01. The van der Waals surface area contributed by atoms with Crippen LogP contribution < -0.4 is 4.74 Å². The van der Waals surface area contributed by atoms with Crippen molar-refractivity contribution >= 4 is 5.97 Å². The Morgan fingerprint density at radius 3 is 1.84 bits per heavy atom. The van der Waals surface area contributed by atoms with Crippen LogP contribution >= 0.6 is 0 Å². The van der Waals surface area contributed by atoms with Gasteiger partial charge in [0.15, 0.2) is 6.61 Å². The molecule has 0 heterocycles. The topological polar surface area (TPSA) is 55.8 Å². The highest BCUT2D eigenvalue weighted by Crippen LogP contribution is 2.50. The van der Waals surface area contributed by atoms with Crippen molar-refractivity contribution in [1.29, 1.82) is 0 Å². The van der Waals surface area contributed by atoms with Gasteiger partial charge in [-0.2, -0.15) is 26.3 Å². The van der Waals surface area contributed by atoms with E-state index < -0.39 is 36.1 Å². The van der Waals surface area contributed by atoms with Crippen molar-refractivity contribution in [3.63, 3.8) is 0 Å². The summed E-state index contributed by atoms with van der Waals surface area (Å²) in [6.45, 7) is 3.48. The molecule has 0 saturated heterocycles. The zero-order valence-electron chi connectivity index (χ0n) is 13.5. The summed E-state index contributed by atoms with van der Waals surface area (Å²) >= 11 is 0. The SMILES string of the molecule is CCOC(=O)COc1c(C)cc(C(O)(C(F)(F)F)C(F)(F)F)cc1C. The number of hydrogen-bond donors (Lipinski definition) is 1. The molecule has 0 aromatic heterocycles. The van der Waals surface area contributed by atoms with Crippen LogP contribution in [0.25, 0.3) is 0 Å². The zero-order valence-corrected chi connectivity index (χ0v) is 13.5. The van der Waals surface area contributed by atoms with Crippen LogP contribution in [0.15, 0.2) is 12.1 Å². The minimum Gasteiger partial charge on any atom is -0.481 e. The summed E-state index contributed by atoms with van der Waals surface area (Å²) < 4.78 is 87.3. The number of rotatable bonds is 5. The van der Waals surface area contributed by atoms with Gasteiger partial charge in [-0.3, -0.25) is 0 Å². The molecule has 142 valence electrons. The normalized spacial score (nSPS) is 12.9. The average Bonchev–Trinajstić information content (AvgIpc) is 2.43. The molecule has 1 aromatic carbocycles. The Morgan fingerprint density at radius 2 is 1.48 bits per heavy atom. The third-order valence-corrected chi connectivity index (χ3v) is 3.34. The van der Waals surface area contributed by atoms with Gasteiger partial charge in [0.05, 0.1) is 6.61 Å². The Morgan fingerprint density at radius 1 is 1.04 bits per heavy atom. The van der Waals surface area contributed by atoms with Crippen LogP contribution in [0.2, 0.25) is 0 Å². The van der Waals surface area contributed by atoms with E-state index in [4.69, 9.17) is 4.74 Å². The molecule has 0 radical (unpaired) electrons. The van der Waals surface area contributed by atoms with E-state index in [9.17, 15) is 36.2 Å². The molecule has 0 fully saturated rings. The lowest BCUT2D eigenvalue weighted by Crippen LogP contribution is -2.54. The highest BCUT2D eigenvalue weighted by Gasteiger charge is 2.71. The molecule has 0 aliphatic carbocycles. The third kappa shape index (κ3) is 4.17. The minimum absolute atomic E-state index is 0.0662. The maximum atomic E-state index is 12.9. The van der Waals surface area contributed by atoms with E-state index in [-0.39, 0.29) is 23.5 Å². The van der Waals surface area contributed by atoms with Crippen molar-refractivity contribution in [2.75, 3.05) is 13.2 Å². The summed E-state index contributed by atoms with van der Waals surface area (Å²) in [5, 5.41) is 9.42. The van der Waals surface area contributed by atoms with Crippen molar-refractivity contribution in [3.8, 4) is 5.75 Å². The number of ether oxygens (including phenoxy) is 2. The first-order chi connectivity index (χ1) is 11.3. The highest BCUT2D eigenvalue weighted by atomic mass is 19.4. The lowest BCUT2D eigenvalue weighted by Gasteiger charge is -2.33. The second kappa shape index (κ2) is 7.11. The maximum absolute atomic E-state index is 12.9. The summed E-state index contributed by atoms with van der Waals surface area (Å²) in [5.41, 5.74) is -6.61. The summed E-state index contributed by atoms with van der Waals surface area (Å²) in [5.74, 6) is -0.809. The van der Waals surface area contributed by atoms with Crippen LogP contribution in [0.5, 0.6) is 5.75 Å². The second-order valence-electron chi connectivity index (χ2n) is 5.24. The number of aliphatic hydroxyl groups is 1. The molecule has 0 amide bonds. The molecule has 0 bridgehead atoms. The minimum atomic E-state index is -5.97. The van der Waals surface area contributed by atoms with Crippen LogP contribution in [-0.2, 0) is 15.1 Å². The van der Waals surface area contributed by atoms with E-state index in [1.165, 1.54) is 13.8 Å². The van der Waals surface area contributed by atoms with Gasteiger partial charge in [0.2, 0.25) is 0 Å². The van der Waals surface area contributed by atoms with E-state index in [1.54, 1.807) is 6.92 Å². The van der Waals surface area contributed by atoms with E-state index in [2.05, 4.69) is 4.74 Å². The standard InChI is InChI=1S/C15H16F6O4/c1-4-24-11(22)7-25-12-8(2)5-10(6-9(12)3)13(23,14(16,17)18)15(19,20)21/h5-6,23H,4,7H2,1-3H3. The predicted octanol–water partition coefficient (Wildman–Crippen LogP) is 3.56. The lowest BCUT2D eigenvalue weighted by atomic mass is 9.89. The van der Waals surface area contributed by atoms with Gasteiger partial charge in [0.25, 0.3) is 5.60 Å². The molecule has 1 rings (SSSR count). The molecule has 0 atom stereocenters. The number of carbonyl (C=O) groups is 1. The molecule has 0 aliphatic heterocycles. The number of halogens is 6. The summed E-state index contributed by atoms with van der Waals surface area (Å²) in [7, 11) is 0. The fraction of sp³-hybridized carbons (Fsp3) is 0.533. The molecule has 10 heteroatoms. The molecule has 0 unspecified atom stereocenters.